The maximum atomic E-state index is 12.7. The number of alkyl carbamates (subject to hydrolysis) is 1. The quantitative estimate of drug-likeness (QED) is 0.384. The van der Waals surface area contributed by atoms with Crippen molar-refractivity contribution in [2.24, 2.45) is 5.92 Å². The van der Waals surface area contributed by atoms with Crippen LogP contribution >= 0.6 is 0 Å². The lowest BCUT2D eigenvalue weighted by atomic mass is 9.92. The summed E-state index contributed by atoms with van der Waals surface area (Å²) in [6.45, 7) is 16.7. The van der Waals surface area contributed by atoms with Gasteiger partial charge in [0.15, 0.2) is 11.6 Å². The molecule has 5 heterocycles. The van der Waals surface area contributed by atoms with Crippen molar-refractivity contribution in [1.29, 1.82) is 0 Å². The number of carbonyl (C=O) groups excluding carboxylic acids is 1. The van der Waals surface area contributed by atoms with Crippen molar-refractivity contribution in [3.63, 3.8) is 0 Å². The molecule has 12 nitrogen and oxygen atoms in total. The molecule has 0 aliphatic carbocycles. The molecule has 2 aliphatic heterocycles. The Morgan fingerprint density at radius 2 is 1.79 bits per heavy atom. The molecule has 3 unspecified atom stereocenters. The summed E-state index contributed by atoms with van der Waals surface area (Å²) in [6.07, 6.45) is 6.76. The fourth-order valence-corrected chi connectivity index (χ4v) is 5.63. The molecule has 3 aromatic heterocycles. The average molecular weight is 593 g/mol. The Kier molecular flexibility index (Phi) is 9.03. The fourth-order valence-electron chi connectivity index (χ4n) is 5.63. The van der Waals surface area contributed by atoms with Crippen LogP contribution in [-0.4, -0.2) is 75.1 Å². The van der Waals surface area contributed by atoms with Crippen molar-refractivity contribution in [2.75, 3.05) is 36.0 Å². The zero-order chi connectivity index (χ0) is 30.7. The van der Waals surface area contributed by atoms with Crippen molar-refractivity contribution in [3.8, 4) is 5.75 Å². The summed E-state index contributed by atoms with van der Waals surface area (Å²) in [6, 6.07) is 4.42. The van der Waals surface area contributed by atoms with Gasteiger partial charge in [0.25, 0.3) is 0 Å². The van der Waals surface area contributed by atoms with E-state index in [1.165, 1.54) is 0 Å². The molecule has 0 bridgehead atoms. The molecule has 43 heavy (non-hydrogen) atoms. The predicted molar refractivity (Wildman–Crippen MR) is 163 cm³/mol. The average Bonchev–Trinajstić information content (AvgIpc) is 3.61. The van der Waals surface area contributed by atoms with E-state index in [0.29, 0.717) is 36.7 Å². The standard InChI is InChI=1S/C31H44N8O4/c1-19(2)27-36-29(43-37-27)38-12-9-22(10-13-38)21(4)41-23-15-33-28(34-16-23)39-17-24(25-14-20(3)8-11-32-25)26(18-39)35-30(40)42-31(5,6)7/h8,11,14-16,19,21-22,24,26H,9-10,12-13,17-18H2,1-7H3,(H,35,40). The topological polar surface area (TPSA) is 132 Å². The monoisotopic (exact) mass is 592 g/mol. The molecule has 2 saturated heterocycles. The van der Waals surface area contributed by atoms with Gasteiger partial charge in [0.05, 0.1) is 24.5 Å². The summed E-state index contributed by atoms with van der Waals surface area (Å²) in [5.41, 5.74) is 1.45. The third-order valence-corrected chi connectivity index (χ3v) is 7.98. The Morgan fingerprint density at radius 1 is 1.07 bits per heavy atom. The number of pyridine rings is 1. The minimum absolute atomic E-state index is 0.0106. The van der Waals surface area contributed by atoms with E-state index >= 15 is 0 Å². The molecule has 0 saturated carbocycles. The number of hydrogen-bond acceptors (Lipinski definition) is 11. The number of amides is 1. The first-order chi connectivity index (χ1) is 20.4. The predicted octanol–water partition coefficient (Wildman–Crippen LogP) is 4.87. The summed E-state index contributed by atoms with van der Waals surface area (Å²) < 4.78 is 17.3. The van der Waals surface area contributed by atoms with Crippen LogP contribution in [0.15, 0.2) is 35.2 Å². The molecular formula is C31H44N8O4. The molecule has 3 atom stereocenters. The second kappa shape index (κ2) is 12.7. The van der Waals surface area contributed by atoms with Gasteiger partial charge in [-0.2, -0.15) is 4.98 Å². The van der Waals surface area contributed by atoms with Gasteiger partial charge in [-0.05, 0) is 71.1 Å². The van der Waals surface area contributed by atoms with Crippen molar-refractivity contribution >= 4 is 18.1 Å². The van der Waals surface area contributed by atoms with Crippen LogP contribution in [-0.2, 0) is 4.74 Å². The zero-order valence-electron chi connectivity index (χ0n) is 26.3. The van der Waals surface area contributed by atoms with Gasteiger partial charge < -0.3 is 29.1 Å². The summed E-state index contributed by atoms with van der Waals surface area (Å²) in [5.74, 6) is 2.55. The first kappa shape index (κ1) is 30.5. The zero-order valence-corrected chi connectivity index (χ0v) is 26.3. The maximum absolute atomic E-state index is 12.7. The number of carbonyl (C=O) groups is 1. The van der Waals surface area contributed by atoms with Gasteiger partial charge in [0.2, 0.25) is 5.95 Å². The van der Waals surface area contributed by atoms with Gasteiger partial charge >= 0.3 is 12.1 Å². The van der Waals surface area contributed by atoms with E-state index < -0.39 is 11.7 Å². The van der Waals surface area contributed by atoms with E-state index in [-0.39, 0.29) is 24.0 Å². The SMILES string of the molecule is Cc1ccnc(C2CN(c3ncc(OC(C)C4CCN(c5nc(C(C)C)no5)CC4)cn3)CC2NC(=O)OC(C)(C)C)c1. The largest absolute Gasteiger partial charge is 0.487 e. The molecule has 232 valence electrons. The van der Waals surface area contributed by atoms with Crippen LogP contribution in [0.4, 0.5) is 16.8 Å². The lowest BCUT2D eigenvalue weighted by Gasteiger charge is -2.33. The van der Waals surface area contributed by atoms with Crippen molar-refractivity contribution in [1.82, 2.24) is 30.4 Å². The summed E-state index contributed by atoms with van der Waals surface area (Å²) >= 11 is 0. The van der Waals surface area contributed by atoms with E-state index in [1.807, 2.05) is 33.8 Å². The first-order valence-electron chi connectivity index (χ1n) is 15.2. The second-order valence-electron chi connectivity index (χ2n) is 13.0. The molecule has 0 radical (unpaired) electrons. The molecule has 0 aromatic carbocycles. The Labute approximate surface area is 253 Å². The van der Waals surface area contributed by atoms with Crippen LogP contribution < -0.4 is 19.9 Å². The third kappa shape index (κ3) is 7.71. The number of nitrogens with zero attached hydrogens (tertiary/aromatic N) is 7. The highest BCUT2D eigenvalue weighted by Gasteiger charge is 2.38. The summed E-state index contributed by atoms with van der Waals surface area (Å²) in [4.78, 5) is 35.3. The molecule has 2 aliphatic rings. The Bertz CT molecular complexity index is 1360. The normalized spacial score (nSPS) is 20.4. The van der Waals surface area contributed by atoms with E-state index in [4.69, 9.17) is 14.0 Å². The van der Waals surface area contributed by atoms with Crippen LogP contribution in [0.25, 0.3) is 0 Å². The van der Waals surface area contributed by atoms with Gasteiger partial charge in [-0.3, -0.25) is 4.98 Å². The molecular weight excluding hydrogens is 548 g/mol. The molecule has 1 N–H and O–H groups in total. The van der Waals surface area contributed by atoms with E-state index in [2.05, 4.69) is 67.0 Å². The van der Waals surface area contributed by atoms with Gasteiger partial charge in [0, 0.05) is 49.9 Å². The van der Waals surface area contributed by atoms with Crippen LogP contribution in [0.1, 0.15) is 83.3 Å². The van der Waals surface area contributed by atoms with Crippen molar-refractivity contribution in [2.45, 2.75) is 90.9 Å². The number of aromatic nitrogens is 5. The number of ether oxygens (including phenoxy) is 2. The number of rotatable bonds is 8. The molecule has 12 heteroatoms. The highest BCUT2D eigenvalue weighted by molar-refractivity contribution is 5.68. The Balaban J connectivity index is 1.18. The number of piperidine rings is 1. The number of anilines is 2. The highest BCUT2D eigenvalue weighted by atomic mass is 16.6. The maximum Gasteiger partial charge on any atom is 0.407 e. The highest BCUT2D eigenvalue weighted by Crippen LogP contribution is 2.31. The number of aryl methyl sites for hydroxylation is 1. The van der Waals surface area contributed by atoms with Crippen LogP contribution in [0.5, 0.6) is 5.75 Å². The lowest BCUT2D eigenvalue weighted by molar-refractivity contribution is 0.0504. The molecule has 1 amide bonds. The van der Waals surface area contributed by atoms with Crippen LogP contribution in [0, 0.1) is 12.8 Å². The first-order valence-corrected chi connectivity index (χ1v) is 15.2. The van der Waals surface area contributed by atoms with Crippen molar-refractivity contribution < 1.29 is 18.8 Å². The minimum atomic E-state index is -0.585. The molecule has 2 fully saturated rings. The Hall–Kier alpha value is -3.96. The van der Waals surface area contributed by atoms with Gasteiger partial charge in [-0.1, -0.05) is 19.0 Å². The van der Waals surface area contributed by atoms with Crippen molar-refractivity contribution in [3.05, 3.63) is 47.8 Å². The minimum Gasteiger partial charge on any atom is -0.487 e. The van der Waals surface area contributed by atoms with E-state index in [0.717, 1.165) is 43.0 Å². The van der Waals surface area contributed by atoms with Gasteiger partial charge in [-0.15, -0.1) is 0 Å². The Morgan fingerprint density at radius 3 is 2.42 bits per heavy atom. The molecule has 3 aromatic rings. The number of hydrogen-bond donors (Lipinski definition) is 1. The number of nitrogens with one attached hydrogen (secondary N) is 1. The molecule has 5 rings (SSSR count). The smallest absolute Gasteiger partial charge is 0.407 e. The fraction of sp³-hybridized carbons (Fsp3) is 0.613. The summed E-state index contributed by atoms with van der Waals surface area (Å²) in [7, 11) is 0. The van der Waals surface area contributed by atoms with Gasteiger partial charge in [-0.25, -0.2) is 14.8 Å². The second-order valence-corrected chi connectivity index (χ2v) is 13.0. The van der Waals surface area contributed by atoms with Crippen LogP contribution in [0.3, 0.4) is 0 Å². The molecule has 0 spiro atoms. The lowest BCUT2D eigenvalue weighted by Crippen LogP contribution is -2.43. The summed E-state index contributed by atoms with van der Waals surface area (Å²) in [5, 5.41) is 7.15. The van der Waals surface area contributed by atoms with Gasteiger partial charge in [0.1, 0.15) is 5.60 Å². The van der Waals surface area contributed by atoms with E-state index in [1.54, 1.807) is 18.6 Å². The third-order valence-electron chi connectivity index (χ3n) is 7.98. The van der Waals surface area contributed by atoms with Crippen LogP contribution in [0.2, 0.25) is 0 Å². The van der Waals surface area contributed by atoms with E-state index in [9.17, 15) is 4.79 Å².